The van der Waals surface area contributed by atoms with Gasteiger partial charge in [0.05, 0.1) is 0 Å². The van der Waals surface area contributed by atoms with Crippen molar-refractivity contribution in [2.24, 2.45) is 5.92 Å². The molecule has 0 spiro atoms. The summed E-state index contributed by atoms with van der Waals surface area (Å²) in [7, 11) is 0. The largest absolute Gasteiger partial charge is 0.296 e. The number of likely N-dealkylation sites (tertiary alicyclic amines) is 1. The van der Waals surface area contributed by atoms with Gasteiger partial charge in [0.2, 0.25) is 0 Å². The lowest BCUT2D eigenvalue weighted by Crippen LogP contribution is -2.47. The zero-order valence-electron chi connectivity index (χ0n) is 9.62. The minimum absolute atomic E-state index is 0.841. The van der Waals surface area contributed by atoms with Crippen molar-refractivity contribution in [1.82, 2.24) is 4.90 Å². The molecule has 1 nitrogen and oxygen atoms in total. The Balaban J connectivity index is 1.94. The van der Waals surface area contributed by atoms with Crippen LogP contribution in [0, 0.1) is 5.92 Å². The molecule has 2 aliphatic rings. The maximum atomic E-state index is 4.31. The Morgan fingerprint density at radius 1 is 1.20 bits per heavy atom. The highest BCUT2D eigenvalue weighted by atomic mass is 32.1. The first-order valence-electron chi connectivity index (χ1n) is 6.33. The second kappa shape index (κ2) is 5.40. The highest BCUT2D eigenvalue weighted by Gasteiger charge is 2.32. The fourth-order valence-electron chi connectivity index (χ4n) is 3.26. The van der Waals surface area contributed by atoms with Crippen molar-refractivity contribution >= 4 is 12.6 Å². The van der Waals surface area contributed by atoms with Crippen LogP contribution < -0.4 is 0 Å². The summed E-state index contributed by atoms with van der Waals surface area (Å²) in [4.78, 5) is 2.67. The van der Waals surface area contributed by atoms with Gasteiger partial charge in [-0.3, -0.25) is 4.90 Å². The third kappa shape index (κ3) is 2.79. The molecule has 1 aliphatic heterocycles. The quantitative estimate of drug-likeness (QED) is 0.570. The zero-order valence-corrected chi connectivity index (χ0v) is 10.5. The summed E-state index contributed by atoms with van der Waals surface area (Å²) in [6.45, 7) is 6.46. The van der Waals surface area contributed by atoms with Crippen LogP contribution in [0.5, 0.6) is 0 Å². The molecule has 1 aliphatic carbocycles. The van der Waals surface area contributed by atoms with Crippen molar-refractivity contribution < 1.29 is 0 Å². The van der Waals surface area contributed by atoms with Crippen molar-refractivity contribution in [3.63, 3.8) is 0 Å². The van der Waals surface area contributed by atoms with E-state index in [-0.39, 0.29) is 0 Å². The SMILES string of the molecule is C=C(CS)CN1CCC[C@H]2CCCC[C@H]21. The molecular weight excluding hydrogens is 202 g/mol. The fourth-order valence-corrected chi connectivity index (χ4v) is 3.36. The Labute approximate surface area is 99.3 Å². The van der Waals surface area contributed by atoms with Crippen molar-refractivity contribution in [3.8, 4) is 0 Å². The molecule has 15 heavy (non-hydrogen) atoms. The molecule has 2 atom stereocenters. The predicted octanol–water partition coefficient (Wildman–Crippen LogP) is 3.13. The van der Waals surface area contributed by atoms with Gasteiger partial charge in [0.1, 0.15) is 0 Å². The van der Waals surface area contributed by atoms with Crippen molar-refractivity contribution in [2.45, 2.75) is 44.6 Å². The van der Waals surface area contributed by atoms with Gasteiger partial charge < -0.3 is 0 Å². The molecular formula is C13H23NS. The van der Waals surface area contributed by atoms with E-state index >= 15 is 0 Å². The highest BCUT2D eigenvalue weighted by molar-refractivity contribution is 7.80. The zero-order chi connectivity index (χ0) is 10.7. The Morgan fingerprint density at radius 2 is 1.93 bits per heavy atom. The first-order chi connectivity index (χ1) is 7.31. The summed E-state index contributed by atoms with van der Waals surface area (Å²) in [5.41, 5.74) is 1.28. The van der Waals surface area contributed by atoms with Crippen molar-refractivity contribution in [3.05, 3.63) is 12.2 Å². The molecule has 2 heteroatoms. The maximum Gasteiger partial charge on any atom is 0.0201 e. The fraction of sp³-hybridized carbons (Fsp3) is 0.846. The topological polar surface area (TPSA) is 3.24 Å². The monoisotopic (exact) mass is 225 g/mol. The summed E-state index contributed by atoms with van der Waals surface area (Å²) < 4.78 is 0. The number of fused-ring (bicyclic) bond motifs is 1. The summed E-state index contributed by atoms with van der Waals surface area (Å²) >= 11 is 4.31. The van der Waals surface area contributed by atoms with Gasteiger partial charge in [-0.15, -0.1) is 0 Å². The molecule has 86 valence electrons. The van der Waals surface area contributed by atoms with E-state index in [1.165, 1.54) is 50.6 Å². The van der Waals surface area contributed by atoms with E-state index in [0.29, 0.717) is 0 Å². The van der Waals surface area contributed by atoms with E-state index in [2.05, 4.69) is 24.1 Å². The Bertz CT molecular complexity index is 225. The van der Waals surface area contributed by atoms with Crippen LogP contribution in [0.15, 0.2) is 12.2 Å². The van der Waals surface area contributed by atoms with Crippen LogP contribution >= 0.6 is 12.6 Å². The Kier molecular flexibility index (Phi) is 4.15. The molecule has 1 saturated carbocycles. The molecule has 2 fully saturated rings. The van der Waals surface area contributed by atoms with E-state index in [9.17, 15) is 0 Å². The maximum absolute atomic E-state index is 4.31. The summed E-state index contributed by atoms with van der Waals surface area (Å²) in [6, 6.07) is 0.865. The minimum atomic E-state index is 0.841. The highest BCUT2D eigenvalue weighted by Crippen LogP contribution is 2.35. The molecule has 0 aromatic carbocycles. The normalized spacial score (nSPS) is 32.3. The molecule has 0 bridgehead atoms. The molecule has 0 N–H and O–H groups in total. The second-order valence-corrected chi connectivity index (χ2v) is 5.45. The first-order valence-corrected chi connectivity index (χ1v) is 6.96. The number of hydrogen-bond donors (Lipinski definition) is 1. The van der Waals surface area contributed by atoms with Crippen molar-refractivity contribution in [2.75, 3.05) is 18.8 Å². The molecule has 1 saturated heterocycles. The number of rotatable bonds is 3. The van der Waals surface area contributed by atoms with Gasteiger partial charge in [0.25, 0.3) is 0 Å². The van der Waals surface area contributed by atoms with Crippen molar-refractivity contribution in [1.29, 1.82) is 0 Å². The van der Waals surface area contributed by atoms with Gasteiger partial charge in [0, 0.05) is 18.3 Å². The Hall–Kier alpha value is 0.0500. The molecule has 0 amide bonds. The van der Waals surface area contributed by atoms with Gasteiger partial charge in [-0.25, -0.2) is 0 Å². The van der Waals surface area contributed by atoms with Gasteiger partial charge in [-0.1, -0.05) is 25.0 Å². The van der Waals surface area contributed by atoms with Crippen LogP contribution in [0.3, 0.4) is 0 Å². The smallest absolute Gasteiger partial charge is 0.0201 e. The van der Waals surface area contributed by atoms with E-state index in [4.69, 9.17) is 0 Å². The summed E-state index contributed by atoms with van der Waals surface area (Å²) in [5.74, 6) is 1.83. The average molecular weight is 225 g/mol. The summed E-state index contributed by atoms with van der Waals surface area (Å²) in [5, 5.41) is 0. The molecule has 1 heterocycles. The number of hydrogen-bond acceptors (Lipinski definition) is 2. The third-order valence-corrected chi connectivity index (χ3v) is 4.46. The lowest BCUT2D eigenvalue weighted by Gasteiger charge is -2.44. The van der Waals surface area contributed by atoms with E-state index in [1.807, 2.05) is 0 Å². The first kappa shape index (κ1) is 11.5. The van der Waals surface area contributed by atoms with E-state index in [1.54, 1.807) is 0 Å². The van der Waals surface area contributed by atoms with Crippen LogP contribution in [-0.4, -0.2) is 29.8 Å². The molecule has 0 unspecified atom stereocenters. The lowest BCUT2D eigenvalue weighted by atomic mass is 9.78. The Morgan fingerprint density at radius 3 is 2.73 bits per heavy atom. The third-order valence-electron chi connectivity index (χ3n) is 4.01. The average Bonchev–Trinajstić information content (AvgIpc) is 2.29. The number of nitrogens with zero attached hydrogens (tertiary/aromatic N) is 1. The molecule has 0 aromatic rings. The standard InChI is InChI=1S/C13H23NS/c1-11(10-15)9-14-8-4-6-12-5-2-3-7-13(12)14/h12-13,15H,1-10H2/t12-,13-/m1/s1. The second-order valence-electron chi connectivity index (χ2n) is 5.13. The van der Waals surface area contributed by atoms with Crippen LogP contribution in [0.2, 0.25) is 0 Å². The van der Waals surface area contributed by atoms with E-state index in [0.717, 1.165) is 24.3 Å². The van der Waals surface area contributed by atoms with Crippen LogP contribution in [0.1, 0.15) is 38.5 Å². The molecule has 0 aromatic heterocycles. The van der Waals surface area contributed by atoms with Gasteiger partial charge in [-0.2, -0.15) is 12.6 Å². The van der Waals surface area contributed by atoms with Crippen LogP contribution in [0.4, 0.5) is 0 Å². The van der Waals surface area contributed by atoms with Crippen LogP contribution in [0.25, 0.3) is 0 Å². The van der Waals surface area contributed by atoms with Gasteiger partial charge in [-0.05, 0) is 38.1 Å². The number of piperidine rings is 1. The predicted molar refractivity (Wildman–Crippen MR) is 69.5 cm³/mol. The number of thiol groups is 1. The van der Waals surface area contributed by atoms with E-state index < -0.39 is 0 Å². The molecule has 0 radical (unpaired) electrons. The van der Waals surface area contributed by atoms with Gasteiger partial charge in [0.15, 0.2) is 0 Å². The van der Waals surface area contributed by atoms with Crippen LogP contribution in [-0.2, 0) is 0 Å². The van der Waals surface area contributed by atoms with Gasteiger partial charge >= 0.3 is 0 Å². The lowest BCUT2D eigenvalue weighted by molar-refractivity contribution is 0.0692. The summed E-state index contributed by atoms with van der Waals surface area (Å²) in [6.07, 6.45) is 8.64. The molecule has 2 rings (SSSR count). The minimum Gasteiger partial charge on any atom is -0.296 e.